The molecule has 0 radical (unpaired) electrons. The summed E-state index contributed by atoms with van der Waals surface area (Å²) in [6, 6.07) is 7.23. The minimum atomic E-state index is -0.918. The summed E-state index contributed by atoms with van der Waals surface area (Å²) < 4.78 is 16.6. The van der Waals surface area contributed by atoms with E-state index in [4.69, 9.17) is 14.2 Å². The number of likely N-dealkylation sites (N-methyl/N-ethyl adjacent to an activating group) is 1. The molecule has 2 N–H and O–H groups in total. The topological polar surface area (TPSA) is 88.5 Å². The third-order valence-corrected chi connectivity index (χ3v) is 4.43. The van der Waals surface area contributed by atoms with Gasteiger partial charge in [-0.3, -0.25) is 4.79 Å². The van der Waals surface area contributed by atoms with Gasteiger partial charge in [-0.05, 0) is 19.1 Å². The van der Waals surface area contributed by atoms with Gasteiger partial charge in [0.2, 0.25) is 6.10 Å². The van der Waals surface area contributed by atoms with Crippen molar-refractivity contribution in [3.8, 4) is 11.5 Å². The molecule has 1 unspecified atom stereocenters. The number of rotatable bonds is 4. The summed E-state index contributed by atoms with van der Waals surface area (Å²) >= 11 is 0. The third kappa shape index (κ3) is 3.48. The number of hydrogen-bond acceptors (Lipinski definition) is 6. The van der Waals surface area contributed by atoms with Crippen LogP contribution < -0.4 is 9.47 Å². The van der Waals surface area contributed by atoms with Crippen molar-refractivity contribution in [3.05, 3.63) is 24.3 Å². The molecule has 7 heteroatoms. The average molecular weight is 337 g/mol. The predicted octanol–water partition coefficient (Wildman–Crippen LogP) is 0.0431. The fraction of sp³-hybridized carbons (Fsp3) is 0.588. The molecule has 1 aromatic rings. The predicted molar refractivity (Wildman–Crippen MR) is 84.9 cm³/mol. The van der Waals surface area contributed by atoms with E-state index in [1.54, 1.807) is 17.0 Å². The first-order valence-electron chi connectivity index (χ1n) is 8.21. The Hall–Kier alpha value is -1.83. The van der Waals surface area contributed by atoms with Crippen LogP contribution in [0.1, 0.15) is 6.92 Å². The largest absolute Gasteiger partial charge is 0.485 e. The molecule has 3 rings (SSSR count). The minimum absolute atomic E-state index is 0.119. The second-order valence-electron chi connectivity index (χ2n) is 6.10. The summed E-state index contributed by atoms with van der Waals surface area (Å²) in [7, 11) is 0. The highest BCUT2D eigenvalue weighted by Crippen LogP contribution is 2.31. The van der Waals surface area contributed by atoms with E-state index < -0.39 is 18.3 Å². The number of aliphatic hydroxyl groups excluding tert-OH is 2. The Balaban J connectivity index is 1.64. The van der Waals surface area contributed by atoms with Gasteiger partial charge in [-0.1, -0.05) is 12.1 Å². The number of benzene rings is 1. The van der Waals surface area contributed by atoms with Crippen molar-refractivity contribution >= 4 is 5.91 Å². The van der Waals surface area contributed by atoms with Crippen molar-refractivity contribution in [1.82, 2.24) is 4.90 Å². The van der Waals surface area contributed by atoms with Gasteiger partial charge in [-0.15, -0.1) is 0 Å². The second kappa shape index (κ2) is 7.38. The van der Waals surface area contributed by atoms with E-state index in [1.807, 2.05) is 19.1 Å². The van der Waals surface area contributed by atoms with E-state index in [2.05, 4.69) is 0 Å². The molecule has 0 bridgehead atoms. The maximum Gasteiger partial charge on any atom is 0.267 e. The minimum Gasteiger partial charge on any atom is -0.485 e. The van der Waals surface area contributed by atoms with E-state index in [0.717, 1.165) is 0 Å². The van der Waals surface area contributed by atoms with Crippen molar-refractivity contribution in [2.24, 2.45) is 5.92 Å². The summed E-state index contributed by atoms with van der Waals surface area (Å²) in [5, 5.41) is 19.8. The van der Waals surface area contributed by atoms with Crippen LogP contribution in [0, 0.1) is 5.92 Å². The highest BCUT2D eigenvalue weighted by Gasteiger charge is 2.36. The quantitative estimate of drug-likeness (QED) is 0.807. The molecule has 0 aromatic heterocycles. The Bertz CT molecular complexity index is 580. The van der Waals surface area contributed by atoms with Crippen molar-refractivity contribution in [2.45, 2.75) is 25.2 Å². The number of fused-ring (bicyclic) bond motifs is 1. The Labute approximate surface area is 140 Å². The maximum atomic E-state index is 12.7. The summed E-state index contributed by atoms with van der Waals surface area (Å²) in [4.78, 5) is 14.3. The molecule has 1 saturated heterocycles. The summed E-state index contributed by atoms with van der Waals surface area (Å²) in [6.07, 6.45) is -2.53. The molecule has 132 valence electrons. The zero-order valence-corrected chi connectivity index (χ0v) is 13.6. The molecule has 2 aliphatic rings. The lowest BCUT2D eigenvalue weighted by molar-refractivity contribution is -0.149. The van der Waals surface area contributed by atoms with Crippen LogP contribution in [0.3, 0.4) is 0 Å². The van der Waals surface area contributed by atoms with Gasteiger partial charge in [0, 0.05) is 19.0 Å². The van der Waals surface area contributed by atoms with Gasteiger partial charge >= 0.3 is 0 Å². The fourth-order valence-electron chi connectivity index (χ4n) is 3.02. The van der Waals surface area contributed by atoms with Crippen molar-refractivity contribution in [3.63, 3.8) is 0 Å². The zero-order chi connectivity index (χ0) is 17.1. The summed E-state index contributed by atoms with van der Waals surface area (Å²) in [5.74, 6) is 0.659. The Morgan fingerprint density at radius 2 is 1.96 bits per heavy atom. The number of nitrogens with zero attached hydrogens (tertiary/aromatic N) is 1. The fourth-order valence-corrected chi connectivity index (χ4v) is 3.02. The molecular formula is C17H23NO6. The monoisotopic (exact) mass is 337 g/mol. The van der Waals surface area contributed by atoms with Gasteiger partial charge < -0.3 is 29.3 Å². The number of para-hydroxylation sites is 2. The summed E-state index contributed by atoms with van der Waals surface area (Å²) in [5.41, 5.74) is 0. The van der Waals surface area contributed by atoms with E-state index in [9.17, 15) is 15.0 Å². The standard InChI is InChI=1S/C17H23NO6/c1-2-18(7-11-8-22-9-12(19)16(11)20)17(21)15-10-23-13-5-3-4-6-14(13)24-15/h3-6,11-12,15-16,19-20H,2,7-10H2,1H3/t11-,12-,15?,16+/m1/s1. The van der Waals surface area contributed by atoms with Crippen molar-refractivity contribution in [2.75, 3.05) is 32.9 Å². The maximum absolute atomic E-state index is 12.7. The zero-order valence-electron chi connectivity index (χ0n) is 13.6. The van der Waals surface area contributed by atoms with Crippen LogP contribution in [0.2, 0.25) is 0 Å². The van der Waals surface area contributed by atoms with E-state index in [1.165, 1.54) is 0 Å². The Kier molecular flexibility index (Phi) is 5.23. The van der Waals surface area contributed by atoms with Gasteiger partial charge in [0.1, 0.15) is 12.7 Å². The number of hydrogen-bond donors (Lipinski definition) is 2. The molecule has 1 amide bonds. The first-order chi connectivity index (χ1) is 11.6. The molecule has 1 aromatic carbocycles. The number of amides is 1. The lowest BCUT2D eigenvalue weighted by atomic mass is 9.95. The first kappa shape index (κ1) is 17.0. The average Bonchev–Trinajstić information content (AvgIpc) is 2.62. The smallest absolute Gasteiger partial charge is 0.267 e. The van der Waals surface area contributed by atoms with E-state index in [-0.39, 0.29) is 25.0 Å². The molecule has 2 aliphatic heterocycles. The van der Waals surface area contributed by atoms with E-state index >= 15 is 0 Å². The lowest BCUT2D eigenvalue weighted by Crippen LogP contribution is -2.52. The van der Waals surface area contributed by atoms with Crippen LogP contribution >= 0.6 is 0 Å². The molecule has 2 heterocycles. The molecule has 24 heavy (non-hydrogen) atoms. The van der Waals surface area contributed by atoms with Gasteiger partial charge in [-0.2, -0.15) is 0 Å². The highest BCUT2D eigenvalue weighted by molar-refractivity contribution is 5.82. The van der Waals surface area contributed by atoms with Crippen molar-refractivity contribution in [1.29, 1.82) is 0 Å². The molecule has 0 spiro atoms. The normalized spacial score (nSPS) is 29.1. The van der Waals surface area contributed by atoms with Crippen LogP contribution in [0.4, 0.5) is 0 Å². The van der Waals surface area contributed by atoms with Crippen LogP contribution in [0.25, 0.3) is 0 Å². The molecule has 1 fully saturated rings. The lowest BCUT2D eigenvalue weighted by Gasteiger charge is -2.36. The van der Waals surface area contributed by atoms with Gasteiger partial charge in [-0.25, -0.2) is 0 Å². The highest BCUT2D eigenvalue weighted by atomic mass is 16.6. The Morgan fingerprint density at radius 1 is 1.21 bits per heavy atom. The molecule has 0 aliphatic carbocycles. The molecule has 0 saturated carbocycles. The first-order valence-corrected chi connectivity index (χ1v) is 8.21. The Morgan fingerprint density at radius 3 is 2.71 bits per heavy atom. The van der Waals surface area contributed by atoms with Crippen LogP contribution in [-0.4, -0.2) is 72.2 Å². The van der Waals surface area contributed by atoms with Gasteiger partial charge in [0.05, 0.1) is 19.3 Å². The number of carbonyl (C=O) groups is 1. The number of aliphatic hydroxyl groups is 2. The molecular weight excluding hydrogens is 314 g/mol. The van der Waals surface area contributed by atoms with Crippen LogP contribution in [-0.2, 0) is 9.53 Å². The van der Waals surface area contributed by atoms with Gasteiger partial charge in [0.15, 0.2) is 11.5 Å². The van der Waals surface area contributed by atoms with E-state index in [0.29, 0.717) is 31.2 Å². The van der Waals surface area contributed by atoms with Crippen LogP contribution in [0.15, 0.2) is 24.3 Å². The number of ether oxygens (including phenoxy) is 3. The molecule has 7 nitrogen and oxygen atoms in total. The third-order valence-electron chi connectivity index (χ3n) is 4.43. The number of carbonyl (C=O) groups excluding carboxylic acids is 1. The second-order valence-corrected chi connectivity index (χ2v) is 6.10. The van der Waals surface area contributed by atoms with Crippen molar-refractivity contribution < 1.29 is 29.2 Å². The molecule has 4 atom stereocenters. The van der Waals surface area contributed by atoms with Gasteiger partial charge in [0.25, 0.3) is 5.91 Å². The van der Waals surface area contributed by atoms with Crippen LogP contribution in [0.5, 0.6) is 11.5 Å². The SMILES string of the molecule is CCN(C[C@@H]1COC[C@@H](O)[C@H]1O)C(=O)C1COc2ccccc2O1. The summed E-state index contributed by atoms with van der Waals surface area (Å²) in [6.45, 7) is 3.22.